The highest BCUT2D eigenvalue weighted by atomic mass is 16.5. The maximum Gasteiger partial charge on any atom is 0.253 e. The number of nitrogens with zero attached hydrogens (tertiary/aromatic N) is 4. The number of pyridine rings is 1. The summed E-state index contributed by atoms with van der Waals surface area (Å²) in [4.78, 5) is 31.2. The van der Waals surface area contributed by atoms with E-state index in [1.807, 2.05) is 18.2 Å². The van der Waals surface area contributed by atoms with Crippen LogP contribution < -0.4 is 20.3 Å². The molecular weight excluding hydrogens is 382 g/mol. The SMILES string of the molecule is CNC(=O)c1cccc(OC)c1N(c1ccncc1)c1nc(NC)c2cc[nH]c2n1. The molecule has 30 heavy (non-hydrogen) atoms. The number of nitrogens with one attached hydrogen (secondary N) is 3. The lowest BCUT2D eigenvalue weighted by Crippen LogP contribution is -2.23. The van der Waals surface area contributed by atoms with E-state index >= 15 is 0 Å². The van der Waals surface area contributed by atoms with E-state index in [4.69, 9.17) is 14.7 Å². The largest absolute Gasteiger partial charge is 0.495 e. The predicted molar refractivity (Wildman–Crippen MR) is 116 cm³/mol. The summed E-state index contributed by atoms with van der Waals surface area (Å²) in [6, 6.07) is 10.8. The minimum absolute atomic E-state index is 0.252. The summed E-state index contributed by atoms with van der Waals surface area (Å²) in [5.74, 6) is 1.29. The number of aromatic nitrogens is 4. The zero-order valence-corrected chi connectivity index (χ0v) is 16.8. The van der Waals surface area contributed by atoms with Crippen LogP contribution >= 0.6 is 0 Å². The number of carbonyl (C=O) groups is 1. The number of benzene rings is 1. The molecule has 0 radical (unpaired) electrons. The van der Waals surface area contributed by atoms with E-state index in [-0.39, 0.29) is 5.91 Å². The van der Waals surface area contributed by atoms with Crippen LogP contribution in [-0.4, -0.2) is 47.0 Å². The fraction of sp³-hybridized carbons (Fsp3) is 0.143. The quantitative estimate of drug-likeness (QED) is 0.454. The van der Waals surface area contributed by atoms with Crippen molar-refractivity contribution in [1.82, 2.24) is 25.3 Å². The number of fused-ring (bicyclic) bond motifs is 1. The number of aromatic amines is 1. The highest BCUT2D eigenvalue weighted by Gasteiger charge is 2.26. The number of rotatable bonds is 6. The molecule has 0 fully saturated rings. The van der Waals surface area contributed by atoms with Crippen LogP contribution in [0.15, 0.2) is 55.0 Å². The lowest BCUT2D eigenvalue weighted by Gasteiger charge is -2.27. The maximum absolute atomic E-state index is 12.7. The molecule has 3 aromatic heterocycles. The molecule has 0 spiro atoms. The Balaban J connectivity index is 2.04. The van der Waals surface area contributed by atoms with Crippen LogP contribution in [0.4, 0.5) is 23.1 Å². The summed E-state index contributed by atoms with van der Waals surface area (Å²) < 4.78 is 5.62. The smallest absolute Gasteiger partial charge is 0.253 e. The van der Waals surface area contributed by atoms with Gasteiger partial charge < -0.3 is 20.4 Å². The number of H-pyrrole nitrogens is 1. The topological polar surface area (TPSA) is 108 Å². The lowest BCUT2D eigenvalue weighted by atomic mass is 10.1. The predicted octanol–water partition coefficient (Wildman–Crippen LogP) is 3.23. The van der Waals surface area contributed by atoms with Gasteiger partial charge in [-0.3, -0.25) is 14.7 Å². The van der Waals surface area contributed by atoms with Gasteiger partial charge >= 0.3 is 0 Å². The average Bonchev–Trinajstić information content (AvgIpc) is 3.28. The summed E-state index contributed by atoms with van der Waals surface area (Å²) in [6.07, 6.45) is 5.15. The summed E-state index contributed by atoms with van der Waals surface area (Å²) >= 11 is 0. The molecule has 1 aromatic carbocycles. The molecule has 9 nitrogen and oxygen atoms in total. The molecule has 3 N–H and O–H groups in total. The van der Waals surface area contributed by atoms with Crippen molar-refractivity contribution in [2.45, 2.75) is 0 Å². The molecule has 0 saturated carbocycles. The average molecular weight is 403 g/mol. The molecule has 4 rings (SSSR count). The Labute approximate surface area is 173 Å². The van der Waals surface area contributed by atoms with Gasteiger partial charge in [-0.15, -0.1) is 0 Å². The van der Waals surface area contributed by atoms with Gasteiger partial charge in [-0.2, -0.15) is 9.97 Å². The molecular formula is C21H21N7O2. The van der Waals surface area contributed by atoms with Crippen molar-refractivity contribution in [3.8, 4) is 5.75 Å². The molecule has 0 saturated heterocycles. The molecule has 9 heteroatoms. The summed E-state index contributed by atoms with van der Waals surface area (Å²) in [5, 5.41) is 6.66. The van der Waals surface area contributed by atoms with Gasteiger partial charge in [0.1, 0.15) is 22.9 Å². The first-order chi connectivity index (χ1) is 14.7. The van der Waals surface area contributed by atoms with Gasteiger partial charge in [-0.05, 0) is 30.3 Å². The maximum atomic E-state index is 12.7. The first kappa shape index (κ1) is 19.2. The third kappa shape index (κ3) is 3.26. The number of hydrogen-bond acceptors (Lipinski definition) is 7. The Kier molecular flexibility index (Phi) is 5.17. The van der Waals surface area contributed by atoms with E-state index in [1.165, 1.54) is 0 Å². The number of methoxy groups -OCH3 is 1. The summed E-state index contributed by atoms with van der Waals surface area (Å²) in [7, 11) is 4.95. The van der Waals surface area contributed by atoms with Crippen LogP contribution in [0.5, 0.6) is 5.75 Å². The second kappa shape index (κ2) is 8.08. The Bertz CT molecular complexity index is 1190. The summed E-state index contributed by atoms with van der Waals surface area (Å²) in [5.41, 5.74) is 2.35. The minimum atomic E-state index is -0.252. The Morgan fingerprint density at radius 3 is 2.60 bits per heavy atom. The first-order valence-corrected chi connectivity index (χ1v) is 9.30. The van der Waals surface area contributed by atoms with Crippen LogP contribution in [0, 0.1) is 0 Å². The summed E-state index contributed by atoms with van der Waals surface area (Å²) in [6.45, 7) is 0. The number of amides is 1. The van der Waals surface area contributed by atoms with Crippen molar-refractivity contribution >= 4 is 40.1 Å². The highest BCUT2D eigenvalue weighted by Crippen LogP contribution is 2.41. The standard InChI is InChI=1S/C21H21N7O2/c1-22-18-15-9-12-25-19(15)27-21(26-18)28(13-7-10-24-11-8-13)17-14(20(29)23-2)5-4-6-16(17)30-3/h4-12H,1-3H3,(H,23,29)(H2,22,25,26,27). The lowest BCUT2D eigenvalue weighted by molar-refractivity contribution is 0.0963. The van der Waals surface area contributed by atoms with Gasteiger partial charge in [-0.1, -0.05) is 6.07 Å². The zero-order chi connectivity index (χ0) is 21.1. The number of anilines is 4. The molecule has 0 aliphatic rings. The normalized spacial score (nSPS) is 10.6. The fourth-order valence-electron chi connectivity index (χ4n) is 3.29. The minimum Gasteiger partial charge on any atom is -0.495 e. The van der Waals surface area contributed by atoms with Crippen molar-refractivity contribution in [2.75, 3.05) is 31.4 Å². The van der Waals surface area contributed by atoms with Gasteiger partial charge in [0.15, 0.2) is 0 Å². The van der Waals surface area contributed by atoms with Crippen molar-refractivity contribution in [3.63, 3.8) is 0 Å². The molecule has 152 valence electrons. The van der Waals surface area contributed by atoms with Crippen molar-refractivity contribution < 1.29 is 9.53 Å². The third-order valence-corrected chi connectivity index (χ3v) is 4.68. The number of hydrogen-bond donors (Lipinski definition) is 3. The number of ether oxygens (including phenoxy) is 1. The molecule has 0 unspecified atom stereocenters. The van der Waals surface area contributed by atoms with Gasteiger partial charge in [0, 0.05) is 32.7 Å². The number of carbonyl (C=O) groups excluding carboxylic acids is 1. The van der Waals surface area contributed by atoms with Crippen LogP contribution in [0.25, 0.3) is 11.0 Å². The van der Waals surface area contributed by atoms with E-state index in [2.05, 4.69) is 20.6 Å². The van der Waals surface area contributed by atoms with Gasteiger partial charge in [-0.25, -0.2) is 0 Å². The Hall–Kier alpha value is -4.14. The molecule has 3 heterocycles. The number of para-hydroxylation sites is 1. The Morgan fingerprint density at radius 2 is 1.90 bits per heavy atom. The van der Waals surface area contributed by atoms with Gasteiger partial charge in [0.05, 0.1) is 23.7 Å². The van der Waals surface area contributed by atoms with Crippen molar-refractivity contribution in [1.29, 1.82) is 0 Å². The second-order valence-electron chi connectivity index (χ2n) is 6.34. The van der Waals surface area contributed by atoms with Crippen LogP contribution in [-0.2, 0) is 0 Å². The molecule has 0 atom stereocenters. The van der Waals surface area contributed by atoms with E-state index < -0.39 is 0 Å². The molecule has 0 bridgehead atoms. The van der Waals surface area contributed by atoms with E-state index in [0.717, 1.165) is 11.1 Å². The zero-order valence-electron chi connectivity index (χ0n) is 16.8. The molecule has 0 aliphatic carbocycles. The molecule has 4 aromatic rings. The molecule has 1 amide bonds. The highest BCUT2D eigenvalue weighted by molar-refractivity contribution is 6.03. The third-order valence-electron chi connectivity index (χ3n) is 4.68. The first-order valence-electron chi connectivity index (χ1n) is 9.30. The second-order valence-corrected chi connectivity index (χ2v) is 6.34. The van der Waals surface area contributed by atoms with E-state index in [9.17, 15) is 4.79 Å². The fourth-order valence-corrected chi connectivity index (χ4v) is 3.29. The van der Waals surface area contributed by atoms with E-state index in [1.54, 1.807) is 62.9 Å². The van der Waals surface area contributed by atoms with Crippen LogP contribution in [0.3, 0.4) is 0 Å². The van der Waals surface area contributed by atoms with Crippen LogP contribution in [0.2, 0.25) is 0 Å². The van der Waals surface area contributed by atoms with Gasteiger partial charge in [0.25, 0.3) is 5.91 Å². The van der Waals surface area contributed by atoms with Crippen molar-refractivity contribution in [3.05, 3.63) is 60.6 Å². The Morgan fingerprint density at radius 1 is 1.10 bits per heavy atom. The van der Waals surface area contributed by atoms with Gasteiger partial charge in [0.2, 0.25) is 5.95 Å². The van der Waals surface area contributed by atoms with E-state index in [0.29, 0.717) is 34.4 Å². The van der Waals surface area contributed by atoms with Crippen LogP contribution in [0.1, 0.15) is 10.4 Å². The monoisotopic (exact) mass is 403 g/mol. The molecule has 0 aliphatic heterocycles. The van der Waals surface area contributed by atoms with Crippen molar-refractivity contribution in [2.24, 2.45) is 0 Å².